The van der Waals surface area contributed by atoms with Crippen molar-refractivity contribution < 1.29 is 14.3 Å². The number of para-hydroxylation sites is 1. The molecule has 0 N–H and O–H groups in total. The predicted molar refractivity (Wildman–Crippen MR) is 110 cm³/mol. The highest BCUT2D eigenvalue weighted by molar-refractivity contribution is 6.43. The summed E-state index contributed by atoms with van der Waals surface area (Å²) in [5, 5.41) is 0. The average Bonchev–Trinajstić information content (AvgIpc) is 2.71. The molecule has 0 spiro atoms. The first-order valence-electron chi connectivity index (χ1n) is 8.99. The monoisotopic (exact) mass is 369 g/mol. The lowest BCUT2D eigenvalue weighted by Crippen LogP contribution is -2.41. The number of hydrogen-bond donors (Lipinski definition) is 0. The number of carbonyl (C=O) groups excluding carboxylic acids is 2. The van der Waals surface area contributed by atoms with Gasteiger partial charge in [0, 0.05) is 16.7 Å². The van der Waals surface area contributed by atoms with Crippen LogP contribution in [0.4, 0.5) is 5.69 Å². The number of nitrogens with zero attached hydrogens (tertiary/aromatic N) is 1. The lowest BCUT2D eigenvalue weighted by Gasteiger charge is -2.29. The van der Waals surface area contributed by atoms with E-state index in [2.05, 4.69) is 0 Å². The number of carbonyl (C=O) groups is 2. The van der Waals surface area contributed by atoms with Crippen LogP contribution >= 0.6 is 0 Å². The lowest BCUT2D eigenvalue weighted by atomic mass is 9.91. The molecule has 3 aromatic rings. The number of methoxy groups -OCH3 is 1. The van der Waals surface area contributed by atoms with Crippen molar-refractivity contribution in [1.29, 1.82) is 0 Å². The summed E-state index contributed by atoms with van der Waals surface area (Å²) in [7, 11) is 1.59. The molecule has 4 rings (SSSR count). The lowest BCUT2D eigenvalue weighted by molar-refractivity contribution is -0.112. The summed E-state index contributed by atoms with van der Waals surface area (Å²) < 4.78 is 5.42. The van der Waals surface area contributed by atoms with Crippen molar-refractivity contribution in [2.45, 2.75) is 6.92 Å². The molecule has 138 valence electrons. The highest BCUT2D eigenvalue weighted by Crippen LogP contribution is 2.34. The number of aryl methyl sites for hydroxylation is 1. The molecule has 0 bridgehead atoms. The van der Waals surface area contributed by atoms with Crippen LogP contribution in [-0.2, 0) is 4.79 Å². The molecule has 2 amide bonds. The Kier molecular flexibility index (Phi) is 4.53. The largest absolute Gasteiger partial charge is 0.496 e. The quantitative estimate of drug-likeness (QED) is 0.495. The van der Waals surface area contributed by atoms with Gasteiger partial charge in [0.15, 0.2) is 0 Å². The Balaban J connectivity index is 1.93. The maximum absolute atomic E-state index is 13.4. The van der Waals surface area contributed by atoms with E-state index in [1.165, 1.54) is 4.90 Å². The van der Waals surface area contributed by atoms with Gasteiger partial charge < -0.3 is 4.74 Å². The second-order valence-corrected chi connectivity index (χ2v) is 6.63. The number of rotatable bonds is 3. The molecule has 28 heavy (non-hydrogen) atoms. The Morgan fingerprint density at radius 2 is 1.54 bits per heavy atom. The van der Waals surface area contributed by atoms with Gasteiger partial charge in [-0.15, -0.1) is 0 Å². The van der Waals surface area contributed by atoms with Gasteiger partial charge in [0.05, 0.1) is 12.8 Å². The molecular weight excluding hydrogens is 350 g/mol. The van der Waals surface area contributed by atoms with Crippen LogP contribution in [0.15, 0.2) is 72.8 Å². The highest BCUT2D eigenvalue weighted by atomic mass is 16.5. The summed E-state index contributed by atoms with van der Waals surface area (Å²) in [4.78, 5) is 27.8. The molecule has 0 atom stereocenters. The third-order valence-corrected chi connectivity index (χ3v) is 4.78. The molecule has 0 saturated carbocycles. The number of ether oxygens (including phenoxy) is 1. The number of anilines is 1. The fraction of sp³-hybridized carbons (Fsp3) is 0.0833. The summed E-state index contributed by atoms with van der Waals surface area (Å²) in [5.41, 5.74) is 3.92. The van der Waals surface area contributed by atoms with Gasteiger partial charge >= 0.3 is 0 Å². The first-order valence-corrected chi connectivity index (χ1v) is 8.99. The van der Waals surface area contributed by atoms with Crippen molar-refractivity contribution >= 4 is 29.2 Å². The Labute approximate surface area is 163 Å². The van der Waals surface area contributed by atoms with E-state index in [0.717, 1.165) is 11.1 Å². The number of amides is 2. The third-order valence-electron chi connectivity index (χ3n) is 4.78. The van der Waals surface area contributed by atoms with Crippen molar-refractivity contribution in [2.75, 3.05) is 12.0 Å². The van der Waals surface area contributed by atoms with Crippen molar-refractivity contribution in [1.82, 2.24) is 0 Å². The second kappa shape index (κ2) is 7.16. The van der Waals surface area contributed by atoms with Gasteiger partial charge in [-0.05, 0) is 48.4 Å². The highest BCUT2D eigenvalue weighted by Gasteiger charge is 2.35. The fourth-order valence-corrected chi connectivity index (χ4v) is 3.44. The zero-order valence-corrected chi connectivity index (χ0v) is 15.7. The van der Waals surface area contributed by atoms with Gasteiger partial charge in [-0.25, -0.2) is 4.90 Å². The average molecular weight is 369 g/mol. The van der Waals surface area contributed by atoms with Crippen LogP contribution in [0.5, 0.6) is 5.75 Å². The molecule has 0 saturated heterocycles. The first kappa shape index (κ1) is 17.7. The van der Waals surface area contributed by atoms with Crippen molar-refractivity contribution in [2.24, 2.45) is 0 Å². The summed E-state index contributed by atoms with van der Waals surface area (Å²) in [6.07, 6.45) is 1.79. The number of hydrogen-bond acceptors (Lipinski definition) is 3. The second-order valence-electron chi connectivity index (χ2n) is 6.63. The number of benzene rings is 3. The minimum Gasteiger partial charge on any atom is -0.496 e. The van der Waals surface area contributed by atoms with Gasteiger partial charge in [0.2, 0.25) is 0 Å². The summed E-state index contributed by atoms with van der Waals surface area (Å²) in [5.74, 6) is 0.00266. The molecule has 1 aliphatic heterocycles. The third kappa shape index (κ3) is 2.99. The van der Waals surface area contributed by atoms with E-state index in [-0.39, 0.29) is 11.8 Å². The van der Waals surface area contributed by atoms with E-state index < -0.39 is 0 Å². The molecule has 0 radical (unpaired) electrons. The Bertz CT molecular complexity index is 1110. The first-order chi connectivity index (χ1) is 13.6. The maximum Gasteiger partial charge on any atom is 0.265 e. The number of imide groups is 1. The molecule has 1 heterocycles. The molecule has 4 heteroatoms. The Hall–Kier alpha value is -3.66. The molecule has 0 aliphatic carbocycles. The van der Waals surface area contributed by atoms with Crippen LogP contribution in [0.3, 0.4) is 0 Å². The Morgan fingerprint density at radius 1 is 0.821 bits per heavy atom. The SMILES string of the molecule is COc1ccccc1C=C1C(=O)N(c2cccc(C)c2)C(=O)c2ccccc21. The molecule has 0 fully saturated rings. The smallest absolute Gasteiger partial charge is 0.265 e. The molecule has 0 unspecified atom stereocenters. The topological polar surface area (TPSA) is 46.6 Å². The van der Waals surface area contributed by atoms with Gasteiger partial charge in [-0.3, -0.25) is 9.59 Å². The molecule has 0 aromatic heterocycles. The minimum atomic E-state index is -0.347. The van der Waals surface area contributed by atoms with E-state index in [1.807, 2.05) is 61.5 Å². The van der Waals surface area contributed by atoms with Crippen LogP contribution in [-0.4, -0.2) is 18.9 Å². The van der Waals surface area contributed by atoms with Crippen molar-refractivity contribution in [3.05, 3.63) is 95.1 Å². The Morgan fingerprint density at radius 3 is 2.29 bits per heavy atom. The molecular formula is C24H19NO3. The zero-order chi connectivity index (χ0) is 19.7. The zero-order valence-electron chi connectivity index (χ0n) is 15.7. The van der Waals surface area contributed by atoms with Crippen LogP contribution < -0.4 is 9.64 Å². The van der Waals surface area contributed by atoms with Crippen LogP contribution in [0.2, 0.25) is 0 Å². The number of fused-ring (bicyclic) bond motifs is 1. The van der Waals surface area contributed by atoms with Gasteiger partial charge in [0.1, 0.15) is 5.75 Å². The summed E-state index contributed by atoms with van der Waals surface area (Å²) >= 11 is 0. The van der Waals surface area contributed by atoms with Gasteiger partial charge in [-0.1, -0.05) is 48.5 Å². The van der Waals surface area contributed by atoms with Crippen LogP contribution in [0.1, 0.15) is 27.0 Å². The van der Waals surface area contributed by atoms with E-state index in [1.54, 1.807) is 31.4 Å². The molecule has 1 aliphatic rings. The molecule has 3 aromatic carbocycles. The van der Waals surface area contributed by atoms with Crippen LogP contribution in [0, 0.1) is 6.92 Å². The van der Waals surface area contributed by atoms with E-state index in [0.29, 0.717) is 28.1 Å². The summed E-state index contributed by atoms with van der Waals surface area (Å²) in [6, 6.07) is 22.1. The van der Waals surface area contributed by atoms with Gasteiger partial charge in [-0.2, -0.15) is 0 Å². The predicted octanol–water partition coefficient (Wildman–Crippen LogP) is 4.73. The normalized spacial score (nSPS) is 14.9. The van der Waals surface area contributed by atoms with Gasteiger partial charge in [0.25, 0.3) is 11.8 Å². The minimum absolute atomic E-state index is 0.316. The van der Waals surface area contributed by atoms with Crippen molar-refractivity contribution in [3.63, 3.8) is 0 Å². The van der Waals surface area contributed by atoms with E-state index in [4.69, 9.17) is 4.74 Å². The van der Waals surface area contributed by atoms with Crippen molar-refractivity contribution in [3.8, 4) is 5.75 Å². The standard InChI is InChI=1S/C24H19NO3/c1-16-8-7-10-18(14-16)25-23(26)20-12-5-4-11-19(20)21(24(25)27)15-17-9-3-6-13-22(17)28-2/h3-15H,1-2H3. The van der Waals surface area contributed by atoms with E-state index in [9.17, 15) is 9.59 Å². The van der Waals surface area contributed by atoms with Crippen LogP contribution in [0.25, 0.3) is 11.6 Å². The summed E-state index contributed by atoms with van der Waals surface area (Å²) in [6.45, 7) is 1.93. The van der Waals surface area contributed by atoms with E-state index >= 15 is 0 Å². The maximum atomic E-state index is 13.4. The molecule has 4 nitrogen and oxygen atoms in total. The fourth-order valence-electron chi connectivity index (χ4n) is 3.44.